The number of fused-ring (bicyclic) bond motifs is 1. The van der Waals surface area contributed by atoms with E-state index >= 15 is 0 Å². The third-order valence-electron chi connectivity index (χ3n) is 2.62. The topological polar surface area (TPSA) is 96.7 Å². The molecule has 0 aliphatic rings. The molecule has 2 heterocycles. The Balaban J connectivity index is 1.56. The molecule has 0 radical (unpaired) electrons. The summed E-state index contributed by atoms with van der Waals surface area (Å²) in [4.78, 5) is 12.0. The van der Waals surface area contributed by atoms with Gasteiger partial charge in [0.2, 0.25) is 5.76 Å². The van der Waals surface area contributed by atoms with E-state index in [2.05, 4.69) is 25.9 Å². The number of carbonyl (C=O) groups is 1. The second-order valence-corrected chi connectivity index (χ2v) is 5.06. The summed E-state index contributed by atoms with van der Waals surface area (Å²) in [6, 6.07) is 7.30. The second-order valence-electron chi connectivity index (χ2n) is 3.94. The number of benzene rings is 1. The van der Waals surface area contributed by atoms with Crippen LogP contribution in [0.1, 0.15) is 10.6 Å². The largest absolute Gasteiger partial charge is 0.350 e. The van der Waals surface area contributed by atoms with Gasteiger partial charge in [-0.05, 0) is 12.1 Å². The molecule has 1 aromatic carbocycles. The van der Waals surface area contributed by atoms with Crippen molar-refractivity contribution in [1.29, 1.82) is 0 Å². The molecule has 2 N–H and O–H groups in total. The summed E-state index contributed by atoms with van der Waals surface area (Å²) in [5, 5.41) is 18.3. The van der Waals surface area contributed by atoms with Crippen LogP contribution in [0.2, 0.25) is 0 Å². The lowest BCUT2D eigenvalue weighted by molar-refractivity contribution is 0.0922. The first-order valence-corrected chi connectivity index (χ1v) is 6.94. The maximum atomic E-state index is 12.0. The van der Waals surface area contributed by atoms with Gasteiger partial charge in [-0.2, -0.15) is 10.3 Å². The van der Waals surface area contributed by atoms with Crippen molar-refractivity contribution in [3.8, 4) is 0 Å². The van der Waals surface area contributed by atoms with Crippen molar-refractivity contribution >= 4 is 28.6 Å². The molecule has 0 unspecified atom stereocenters. The highest BCUT2D eigenvalue weighted by Crippen LogP contribution is 2.17. The lowest BCUT2D eigenvalue weighted by Crippen LogP contribution is -2.25. The molecule has 8 heteroatoms. The summed E-state index contributed by atoms with van der Waals surface area (Å²) in [7, 11) is 0. The van der Waals surface area contributed by atoms with Gasteiger partial charge in [-0.15, -0.1) is 16.9 Å². The van der Waals surface area contributed by atoms with Gasteiger partial charge in [-0.25, -0.2) is 0 Å². The van der Waals surface area contributed by atoms with Crippen LogP contribution in [0.3, 0.4) is 0 Å². The van der Waals surface area contributed by atoms with Gasteiger partial charge < -0.3 is 9.84 Å². The Morgan fingerprint density at radius 3 is 3.15 bits per heavy atom. The number of thioether (sulfide) groups is 1. The number of hydrogen-bond donors (Lipinski definition) is 2. The van der Waals surface area contributed by atoms with Crippen LogP contribution in [-0.2, 0) is 0 Å². The van der Waals surface area contributed by atoms with Crippen LogP contribution in [-0.4, -0.2) is 38.8 Å². The highest BCUT2D eigenvalue weighted by Gasteiger charge is 2.15. The summed E-state index contributed by atoms with van der Waals surface area (Å²) in [6.45, 7) is 0.505. The van der Waals surface area contributed by atoms with Crippen molar-refractivity contribution in [3.63, 3.8) is 0 Å². The van der Waals surface area contributed by atoms with Gasteiger partial charge in [0, 0.05) is 12.3 Å². The van der Waals surface area contributed by atoms with Crippen molar-refractivity contribution in [2.24, 2.45) is 0 Å². The van der Waals surface area contributed by atoms with Crippen LogP contribution < -0.4 is 5.32 Å². The molecule has 0 saturated heterocycles. The molecule has 7 nitrogen and oxygen atoms in total. The number of hydrogen-bond acceptors (Lipinski definition) is 6. The molecule has 0 spiro atoms. The molecular formula is C12H11N5O2S. The molecule has 0 saturated carbocycles. The maximum absolute atomic E-state index is 12.0. The SMILES string of the molecule is O=C(NCCSc1cn[nH]n1)c1onc2ccccc12. The van der Waals surface area contributed by atoms with Gasteiger partial charge >= 0.3 is 0 Å². The van der Waals surface area contributed by atoms with Crippen molar-refractivity contribution in [2.75, 3.05) is 12.3 Å². The molecule has 0 fully saturated rings. The maximum Gasteiger partial charge on any atom is 0.290 e. The minimum Gasteiger partial charge on any atom is -0.350 e. The van der Waals surface area contributed by atoms with Crippen LogP contribution in [0, 0.1) is 0 Å². The Morgan fingerprint density at radius 2 is 2.30 bits per heavy atom. The lowest BCUT2D eigenvalue weighted by atomic mass is 10.2. The van der Waals surface area contributed by atoms with Crippen LogP contribution in [0.5, 0.6) is 0 Å². The monoisotopic (exact) mass is 289 g/mol. The fourth-order valence-electron chi connectivity index (χ4n) is 1.71. The van der Waals surface area contributed by atoms with Gasteiger partial charge in [0.1, 0.15) is 10.5 Å². The molecule has 0 aliphatic carbocycles. The molecule has 102 valence electrons. The normalized spacial score (nSPS) is 10.8. The molecule has 0 atom stereocenters. The van der Waals surface area contributed by atoms with Crippen LogP contribution >= 0.6 is 11.8 Å². The van der Waals surface area contributed by atoms with E-state index in [0.29, 0.717) is 23.2 Å². The molecule has 3 rings (SSSR count). The van der Waals surface area contributed by atoms with Gasteiger partial charge in [-0.3, -0.25) is 4.79 Å². The van der Waals surface area contributed by atoms with E-state index < -0.39 is 0 Å². The number of aromatic amines is 1. The average Bonchev–Trinajstić information content (AvgIpc) is 3.12. The molecule has 0 bridgehead atoms. The van der Waals surface area contributed by atoms with Gasteiger partial charge in [0.25, 0.3) is 5.91 Å². The van der Waals surface area contributed by atoms with Crippen molar-refractivity contribution in [3.05, 3.63) is 36.2 Å². The number of carbonyl (C=O) groups excluding carboxylic acids is 1. The van der Waals surface area contributed by atoms with Crippen molar-refractivity contribution in [1.82, 2.24) is 25.9 Å². The minimum atomic E-state index is -0.264. The van der Waals surface area contributed by atoms with Crippen LogP contribution in [0.15, 0.2) is 40.0 Å². The zero-order valence-electron chi connectivity index (χ0n) is 10.4. The number of aromatic nitrogens is 4. The lowest BCUT2D eigenvalue weighted by Gasteiger charge is -2.01. The summed E-state index contributed by atoms with van der Waals surface area (Å²) in [5.74, 6) is 0.677. The standard InChI is InChI=1S/C12H11N5O2S/c18-12(13-5-6-20-10-7-14-17-15-10)11-8-3-1-2-4-9(8)16-19-11/h1-4,7H,5-6H2,(H,13,18)(H,14,15,17). The third-order valence-corrected chi connectivity index (χ3v) is 3.52. The minimum absolute atomic E-state index is 0.243. The molecule has 1 amide bonds. The number of nitrogens with zero attached hydrogens (tertiary/aromatic N) is 3. The van der Waals surface area contributed by atoms with E-state index in [-0.39, 0.29) is 11.7 Å². The smallest absolute Gasteiger partial charge is 0.290 e. The number of rotatable bonds is 5. The molecule has 20 heavy (non-hydrogen) atoms. The van der Waals surface area contributed by atoms with Crippen LogP contribution in [0.25, 0.3) is 10.9 Å². The Morgan fingerprint density at radius 1 is 1.40 bits per heavy atom. The van der Waals surface area contributed by atoms with E-state index in [9.17, 15) is 4.79 Å². The van der Waals surface area contributed by atoms with Crippen molar-refractivity contribution in [2.45, 2.75) is 5.03 Å². The summed E-state index contributed by atoms with van der Waals surface area (Å²) in [6.07, 6.45) is 1.64. The predicted molar refractivity (Wildman–Crippen MR) is 73.4 cm³/mol. The quantitative estimate of drug-likeness (QED) is 0.545. The Hall–Kier alpha value is -2.35. The summed E-state index contributed by atoms with van der Waals surface area (Å²) in [5.41, 5.74) is 0.676. The second kappa shape index (κ2) is 5.74. The fourth-order valence-corrected chi connectivity index (χ4v) is 2.36. The number of H-pyrrole nitrogens is 1. The molecule has 0 aliphatic heterocycles. The third kappa shape index (κ3) is 2.64. The van der Waals surface area contributed by atoms with Gasteiger partial charge in [0.15, 0.2) is 0 Å². The van der Waals surface area contributed by atoms with E-state index in [1.165, 1.54) is 11.8 Å². The number of nitrogens with one attached hydrogen (secondary N) is 2. The van der Waals surface area contributed by atoms with Gasteiger partial charge in [0.05, 0.1) is 11.6 Å². The van der Waals surface area contributed by atoms with E-state index in [4.69, 9.17) is 4.52 Å². The first-order chi connectivity index (χ1) is 9.84. The van der Waals surface area contributed by atoms with Crippen molar-refractivity contribution < 1.29 is 9.32 Å². The first-order valence-electron chi connectivity index (χ1n) is 5.96. The zero-order chi connectivity index (χ0) is 13.8. The van der Waals surface area contributed by atoms with Gasteiger partial charge in [-0.1, -0.05) is 17.3 Å². The average molecular weight is 289 g/mol. The first kappa shape index (κ1) is 12.7. The summed E-state index contributed by atoms with van der Waals surface area (Å²) < 4.78 is 5.08. The Kier molecular flexibility index (Phi) is 3.64. The molecular weight excluding hydrogens is 278 g/mol. The summed E-state index contributed by atoms with van der Waals surface area (Å²) >= 11 is 1.50. The zero-order valence-corrected chi connectivity index (χ0v) is 11.2. The Labute approximate surface area is 118 Å². The van der Waals surface area contributed by atoms with E-state index in [0.717, 1.165) is 5.03 Å². The molecule has 2 aromatic heterocycles. The number of amides is 1. The highest BCUT2D eigenvalue weighted by molar-refractivity contribution is 7.99. The Bertz CT molecular complexity index is 710. The van der Waals surface area contributed by atoms with E-state index in [1.807, 2.05) is 18.2 Å². The van der Waals surface area contributed by atoms with Crippen LogP contribution in [0.4, 0.5) is 0 Å². The fraction of sp³-hybridized carbons (Fsp3) is 0.167. The highest BCUT2D eigenvalue weighted by atomic mass is 32.2. The molecule has 3 aromatic rings. The van der Waals surface area contributed by atoms with E-state index in [1.54, 1.807) is 12.3 Å². The predicted octanol–water partition coefficient (Wildman–Crippen LogP) is 1.47.